The molecule has 3 heteroatoms. The average Bonchev–Trinajstić information content (AvgIpc) is 2.74. The molecule has 0 N–H and O–H groups in total. The zero-order valence-corrected chi connectivity index (χ0v) is 15.4. The lowest BCUT2D eigenvalue weighted by Gasteiger charge is -1.96. The maximum Gasteiger partial charge on any atom is 0.150 e. The van der Waals surface area contributed by atoms with Gasteiger partial charge in [0.2, 0.25) is 0 Å². The van der Waals surface area contributed by atoms with Gasteiger partial charge in [0.15, 0.2) is 0 Å². The van der Waals surface area contributed by atoms with Crippen LogP contribution in [0.3, 0.4) is 0 Å². The number of carbonyl (C=O) groups excluding carboxylic acids is 1. The Hall–Kier alpha value is -3.64. The summed E-state index contributed by atoms with van der Waals surface area (Å²) in [4.78, 5) is 10.5. The summed E-state index contributed by atoms with van der Waals surface area (Å²) in [7, 11) is 1.60. The van der Waals surface area contributed by atoms with Crippen LogP contribution in [0.2, 0.25) is 0 Å². The van der Waals surface area contributed by atoms with Gasteiger partial charge in [-0.05, 0) is 42.3 Å². The zero-order valence-electron chi connectivity index (χ0n) is 15.4. The van der Waals surface area contributed by atoms with E-state index in [1.54, 1.807) is 31.4 Å². The summed E-state index contributed by atoms with van der Waals surface area (Å²) in [5.41, 5.74) is 4.89. The summed E-state index contributed by atoms with van der Waals surface area (Å²) in [5, 5.41) is 8.41. The maximum atomic E-state index is 10.5. The molecule has 0 atom stereocenters. The summed E-state index contributed by atoms with van der Waals surface area (Å²) in [5.74, 6) is 0.777. The Morgan fingerprint density at radius 3 is 1.70 bits per heavy atom. The van der Waals surface area contributed by atoms with E-state index >= 15 is 0 Å². The average molecular weight is 355 g/mol. The molecule has 27 heavy (non-hydrogen) atoms. The molecule has 0 fully saturated rings. The van der Waals surface area contributed by atoms with Gasteiger partial charge in [0.05, 0.1) is 18.7 Å². The number of nitriles is 1. The molecular formula is C24H21NO2. The normalized spacial score (nSPS) is 9.81. The fourth-order valence-electron chi connectivity index (χ4n) is 2.22. The number of nitrogens with zero attached hydrogens (tertiary/aromatic N) is 1. The molecule has 0 bridgehead atoms. The molecule has 0 spiro atoms. The summed E-state index contributed by atoms with van der Waals surface area (Å²) >= 11 is 0. The van der Waals surface area contributed by atoms with Gasteiger partial charge >= 0.3 is 0 Å². The maximum absolute atomic E-state index is 10.5. The highest BCUT2D eigenvalue weighted by Crippen LogP contribution is 2.10. The Morgan fingerprint density at radius 2 is 1.26 bits per heavy atom. The second-order valence-electron chi connectivity index (χ2n) is 5.87. The van der Waals surface area contributed by atoms with Crippen molar-refractivity contribution in [3.63, 3.8) is 0 Å². The highest BCUT2D eigenvalue weighted by Gasteiger charge is 1.91. The fraction of sp³-hybridized carbons (Fsp3) is 0.0833. The molecule has 0 aliphatic carbocycles. The third-order valence-electron chi connectivity index (χ3n) is 3.84. The van der Waals surface area contributed by atoms with Crippen molar-refractivity contribution in [2.75, 3.05) is 7.11 Å². The lowest BCUT2D eigenvalue weighted by atomic mass is 10.1. The first-order chi connectivity index (χ1) is 13.1. The van der Waals surface area contributed by atoms with Gasteiger partial charge in [-0.3, -0.25) is 4.79 Å². The third-order valence-corrected chi connectivity index (χ3v) is 3.84. The van der Waals surface area contributed by atoms with Crippen LogP contribution in [0, 0.1) is 18.3 Å². The molecule has 0 aliphatic rings. The van der Waals surface area contributed by atoms with Gasteiger partial charge < -0.3 is 4.74 Å². The Morgan fingerprint density at radius 1 is 0.778 bits per heavy atom. The minimum Gasteiger partial charge on any atom is -0.497 e. The van der Waals surface area contributed by atoms with Crippen molar-refractivity contribution in [2.45, 2.75) is 6.92 Å². The summed E-state index contributed by atoms with van der Waals surface area (Å²) in [6.07, 6.45) is 4.96. The molecule has 0 aromatic heterocycles. The first kappa shape index (κ1) is 19.7. The van der Waals surface area contributed by atoms with Gasteiger partial charge in [0.25, 0.3) is 0 Å². The molecule has 0 saturated heterocycles. The van der Waals surface area contributed by atoms with Crippen LogP contribution < -0.4 is 4.74 Å². The molecule has 0 radical (unpaired) electrons. The second kappa shape index (κ2) is 10.4. The first-order valence-corrected chi connectivity index (χ1v) is 8.49. The van der Waals surface area contributed by atoms with Crippen molar-refractivity contribution in [3.05, 3.63) is 101 Å². The zero-order chi connectivity index (χ0) is 19.5. The Labute approximate surface area is 160 Å². The van der Waals surface area contributed by atoms with E-state index in [4.69, 9.17) is 10.00 Å². The number of hydrogen-bond acceptors (Lipinski definition) is 3. The smallest absolute Gasteiger partial charge is 0.150 e. The van der Waals surface area contributed by atoms with E-state index in [9.17, 15) is 4.79 Å². The van der Waals surface area contributed by atoms with E-state index in [1.165, 1.54) is 11.1 Å². The van der Waals surface area contributed by atoms with Crippen molar-refractivity contribution >= 4 is 18.4 Å². The monoisotopic (exact) mass is 355 g/mol. The van der Waals surface area contributed by atoms with E-state index in [2.05, 4.69) is 37.3 Å². The number of methoxy groups -OCH3 is 1. The van der Waals surface area contributed by atoms with Crippen LogP contribution in [0.4, 0.5) is 0 Å². The standard InChI is InChI=1S/C16H14O.C8H7NO/c1-13-2-4-14(5-3-13)6-7-15-8-10-16(12-17)11-9-15;1-10-8-4-2-7(6-9)3-5-8/h2-12H,1H3;2-5H,1H3/b7-6+;. The van der Waals surface area contributed by atoms with E-state index in [0.29, 0.717) is 11.1 Å². The summed E-state index contributed by atoms with van der Waals surface area (Å²) in [6, 6.07) is 24.9. The SMILES string of the molecule is COc1ccc(C#N)cc1.Cc1ccc(/C=C/c2ccc(C=O)cc2)cc1. The molecule has 3 rings (SSSR count). The number of hydrogen-bond donors (Lipinski definition) is 0. The number of benzene rings is 3. The molecule has 0 unspecified atom stereocenters. The van der Waals surface area contributed by atoms with E-state index in [-0.39, 0.29) is 0 Å². The first-order valence-electron chi connectivity index (χ1n) is 8.49. The van der Waals surface area contributed by atoms with Crippen LogP contribution in [0.5, 0.6) is 5.75 Å². The third kappa shape index (κ3) is 6.64. The van der Waals surface area contributed by atoms with Gasteiger partial charge in [-0.15, -0.1) is 0 Å². The highest BCUT2D eigenvalue weighted by molar-refractivity contribution is 5.76. The van der Waals surface area contributed by atoms with E-state index in [0.717, 1.165) is 17.6 Å². The summed E-state index contributed by atoms with van der Waals surface area (Å²) in [6.45, 7) is 2.08. The van der Waals surface area contributed by atoms with Gasteiger partial charge in [-0.2, -0.15) is 5.26 Å². The molecule has 0 saturated carbocycles. The summed E-state index contributed by atoms with van der Waals surface area (Å²) < 4.78 is 4.90. The van der Waals surface area contributed by atoms with Gasteiger partial charge in [0, 0.05) is 5.56 Å². The number of aryl methyl sites for hydroxylation is 1. The minimum atomic E-state index is 0.654. The van der Waals surface area contributed by atoms with Crippen LogP contribution in [-0.4, -0.2) is 13.4 Å². The number of ether oxygens (including phenoxy) is 1. The van der Waals surface area contributed by atoms with Crippen LogP contribution in [-0.2, 0) is 0 Å². The Kier molecular flexibility index (Phi) is 7.56. The van der Waals surface area contributed by atoms with Crippen molar-refractivity contribution in [2.24, 2.45) is 0 Å². The number of rotatable bonds is 4. The highest BCUT2D eigenvalue weighted by atomic mass is 16.5. The molecule has 0 aliphatic heterocycles. The quantitative estimate of drug-likeness (QED) is 0.456. The van der Waals surface area contributed by atoms with Gasteiger partial charge in [0.1, 0.15) is 12.0 Å². The van der Waals surface area contributed by atoms with E-state index in [1.807, 2.05) is 36.4 Å². The van der Waals surface area contributed by atoms with Crippen molar-refractivity contribution in [1.82, 2.24) is 0 Å². The molecule has 134 valence electrons. The molecule has 3 aromatic carbocycles. The second-order valence-corrected chi connectivity index (χ2v) is 5.87. The van der Waals surface area contributed by atoms with Crippen LogP contribution >= 0.6 is 0 Å². The molecule has 3 aromatic rings. The van der Waals surface area contributed by atoms with Crippen molar-refractivity contribution < 1.29 is 9.53 Å². The van der Waals surface area contributed by atoms with E-state index < -0.39 is 0 Å². The topological polar surface area (TPSA) is 50.1 Å². The molecule has 0 amide bonds. The van der Waals surface area contributed by atoms with Gasteiger partial charge in [-0.25, -0.2) is 0 Å². The van der Waals surface area contributed by atoms with Gasteiger partial charge in [-0.1, -0.05) is 66.2 Å². The molecule has 0 heterocycles. The number of aldehydes is 1. The van der Waals surface area contributed by atoms with Crippen LogP contribution in [0.25, 0.3) is 12.2 Å². The fourth-order valence-corrected chi connectivity index (χ4v) is 2.22. The molecule has 3 nitrogen and oxygen atoms in total. The largest absolute Gasteiger partial charge is 0.497 e. The lowest BCUT2D eigenvalue weighted by molar-refractivity contribution is 0.112. The lowest BCUT2D eigenvalue weighted by Crippen LogP contribution is -1.81. The predicted molar refractivity (Wildman–Crippen MR) is 110 cm³/mol. The number of carbonyl (C=O) groups is 1. The Bertz CT molecular complexity index is 916. The molecular weight excluding hydrogens is 334 g/mol. The van der Waals surface area contributed by atoms with Crippen LogP contribution in [0.15, 0.2) is 72.8 Å². The van der Waals surface area contributed by atoms with Crippen molar-refractivity contribution in [3.8, 4) is 11.8 Å². The van der Waals surface area contributed by atoms with Crippen LogP contribution in [0.1, 0.15) is 32.6 Å². The minimum absolute atomic E-state index is 0.654. The van der Waals surface area contributed by atoms with Crippen molar-refractivity contribution in [1.29, 1.82) is 5.26 Å². The predicted octanol–water partition coefficient (Wildman–Crippen LogP) is 5.54. The Balaban J connectivity index is 0.000000223.